The average Bonchev–Trinajstić information content (AvgIpc) is 2.79. The summed E-state index contributed by atoms with van der Waals surface area (Å²) in [7, 11) is 3.35. The van der Waals surface area contributed by atoms with Gasteiger partial charge in [0.25, 0.3) is 5.91 Å². The van der Waals surface area contributed by atoms with Gasteiger partial charge >= 0.3 is 6.09 Å². The topological polar surface area (TPSA) is 87.9 Å². The molecule has 1 aromatic heterocycles. The summed E-state index contributed by atoms with van der Waals surface area (Å²) >= 11 is 0. The van der Waals surface area contributed by atoms with Gasteiger partial charge in [-0.2, -0.15) is 5.10 Å². The Bertz CT molecular complexity index is 633. The summed E-state index contributed by atoms with van der Waals surface area (Å²) in [4.78, 5) is 28.0. The Morgan fingerprint density at radius 1 is 1.38 bits per heavy atom. The van der Waals surface area contributed by atoms with Crippen LogP contribution in [-0.2, 0) is 24.8 Å². The molecule has 0 aromatic carbocycles. The minimum absolute atomic E-state index is 0.105. The van der Waals surface area contributed by atoms with E-state index in [0.717, 1.165) is 11.3 Å². The van der Waals surface area contributed by atoms with Crippen molar-refractivity contribution in [1.29, 1.82) is 0 Å². The van der Waals surface area contributed by atoms with Crippen molar-refractivity contribution in [2.24, 2.45) is 7.05 Å². The van der Waals surface area contributed by atoms with E-state index in [0.29, 0.717) is 25.2 Å². The third-order valence-electron chi connectivity index (χ3n) is 3.83. The lowest BCUT2D eigenvalue weighted by Crippen LogP contribution is -2.40. The molecular formula is C16H26N4O4. The van der Waals surface area contributed by atoms with E-state index >= 15 is 0 Å². The van der Waals surface area contributed by atoms with Crippen molar-refractivity contribution in [1.82, 2.24) is 19.6 Å². The van der Waals surface area contributed by atoms with Crippen molar-refractivity contribution in [2.75, 3.05) is 26.7 Å². The van der Waals surface area contributed by atoms with Crippen LogP contribution >= 0.6 is 0 Å². The highest BCUT2D eigenvalue weighted by molar-refractivity contribution is 5.94. The molecule has 24 heavy (non-hydrogen) atoms. The second kappa shape index (κ2) is 6.80. The molecule has 1 N–H and O–H groups in total. The molecule has 2 amide bonds. The number of aromatic nitrogens is 2. The van der Waals surface area contributed by atoms with Crippen LogP contribution in [0.3, 0.4) is 0 Å². The molecule has 0 fully saturated rings. The molecular weight excluding hydrogens is 312 g/mol. The van der Waals surface area contributed by atoms with Crippen molar-refractivity contribution >= 4 is 12.0 Å². The normalized spacial score (nSPS) is 14.3. The monoisotopic (exact) mass is 338 g/mol. The molecule has 0 aliphatic carbocycles. The number of aliphatic hydroxyl groups excluding tert-OH is 1. The number of aryl methyl sites for hydroxylation is 1. The average molecular weight is 338 g/mol. The maximum atomic E-state index is 12.6. The Balaban J connectivity index is 2.24. The predicted octanol–water partition coefficient (Wildman–Crippen LogP) is 0.778. The Labute approximate surface area is 142 Å². The van der Waals surface area contributed by atoms with E-state index < -0.39 is 5.60 Å². The van der Waals surface area contributed by atoms with E-state index in [1.54, 1.807) is 23.7 Å². The summed E-state index contributed by atoms with van der Waals surface area (Å²) in [5, 5.41) is 13.4. The quantitative estimate of drug-likeness (QED) is 0.880. The molecule has 0 unspecified atom stereocenters. The van der Waals surface area contributed by atoms with E-state index in [-0.39, 0.29) is 25.2 Å². The number of fused-ring (bicyclic) bond motifs is 1. The van der Waals surface area contributed by atoms with Gasteiger partial charge in [0.15, 0.2) is 0 Å². The Morgan fingerprint density at radius 3 is 2.62 bits per heavy atom. The number of nitrogens with zero attached hydrogens (tertiary/aromatic N) is 4. The van der Waals surface area contributed by atoms with Crippen LogP contribution in [0.2, 0.25) is 0 Å². The van der Waals surface area contributed by atoms with Crippen LogP contribution in [0.25, 0.3) is 0 Å². The fourth-order valence-corrected chi connectivity index (χ4v) is 2.68. The number of hydrogen-bond donors (Lipinski definition) is 1. The van der Waals surface area contributed by atoms with Gasteiger partial charge in [-0.25, -0.2) is 4.79 Å². The lowest BCUT2D eigenvalue weighted by atomic mass is 10.0. The number of amides is 2. The smallest absolute Gasteiger partial charge is 0.410 e. The van der Waals surface area contributed by atoms with E-state index in [1.807, 2.05) is 20.8 Å². The first-order chi connectivity index (χ1) is 11.1. The van der Waals surface area contributed by atoms with Crippen molar-refractivity contribution < 1.29 is 19.4 Å². The van der Waals surface area contributed by atoms with Crippen LogP contribution in [0.5, 0.6) is 0 Å². The lowest BCUT2D eigenvalue weighted by molar-refractivity contribution is 0.0222. The SMILES string of the molecule is CN(CCO)C(=O)c1c2c(nn1C)CCN(C(=O)OC(C)(C)C)C2. The molecule has 1 aliphatic heterocycles. The third-order valence-corrected chi connectivity index (χ3v) is 3.83. The number of carbonyl (C=O) groups excluding carboxylic acids is 2. The first-order valence-corrected chi connectivity index (χ1v) is 8.03. The third kappa shape index (κ3) is 3.87. The lowest BCUT2D eigenvalue weighted by Gasteiger charge is -2.30. The van der Waals surface area contributed by atoms with Crippen LogP contribution in [0.1, 0.15) is 42.5 Å². The first kappa shape index (κ1) is 18.3. The van der Waals surface area contributed by atoms with Crippen molar-refractivity contribution in [3.8, 4) is 0 Å². The second-order valence-electron chi connectivity index (χ2n) is 7.00. The minimum Gasteiger partial charge on any atom is -0.444 e. The molecule has 0 spiro atoms. The van der Waals surface area contributed by atoms with Gasteiger partial charge in [-0.15, -0.1) is 0 Å². The first-order valence-electron chi connectivity index (χ1n) is 8.03. The molecule has 0 radical (unpaired) electrons. The standard InChI is InChI=1S/C16H26N4O4/c1-16(2,3)24-15(23)20-7-6-12-11(10-20)13(19(5)17-12)14(22)18(4)8-9-21/h21H,6-10H2,1-5H3. The summed E-state index contributed by atoms with van der Waals surface area (Å²) in [6.45, 7) is 6.42. The van der Waals surface area contributed by atoms with E-state index in [4.69, 9.17) is 9.84 Å². The fraction of sp³-hybridized carbons (Fsp3) is 0.688. The summed E-state index contributed by atoms with van der Waals surface area (Å²) < 4.78 is 6.97. The Morgan fingerprint density at radius 2 is 2.04 bits per heavy atom. The number of hydrogen-bond acceptors (Lipinski definition) is 5. The number of ether oxygens (including phenoxy) is 1. The number of rotatable bonds is 3. The van der Waals surface area contributed by atoms with Crippen LogP contribution in [0.15, 0.2) is 0 Å². The van der Waals surface area contributed by atoms with Crippen molar-refractivity contribution in [3.05, 3.63) is 17.0 Å². The highest BCUT2D eigenvalue weighted by atomic mass is 16.6. The number of carbonyl (C=O) groups is 2. The zero-order chi connectivity index (χ0) is 18.1. The van der Waals surface area contributed by atoms with Gasteiger partial charge in [-0.05, 0) is 20.8 Å². The van der Waals surface area contributed by atoms with E-state index in [2.05, 4.69) is 5.10 Å². The summed E-state index contributed by atoms with van der Waals surface area (Å²) in [5.41, 5.74) is 1.48. The predicted molar refractivity (Wildman–Crippen MR) is 87.6 cm³/mol. The van der Waals surface area contributed by atoms with Gasteiger partial charge in [-0.1, -0.05) is 0 Å². The van der Waals surface area contributed by atoms with Crippen LogP contribution < -0.4 is 0 Å². The molecule has 1 aromatic rings. The summed E-state index contributed by atoms with van der Waals surface area (Å²) in [6.07, 6.45) is 0.193. The summed E-state index contributed by atoms with van der Waals surface area (Å²) in [5.74, 6) is -0.216. The van der Waals surface area contributed by atoms with E-state index in [1.165, 1.54) is 4.90 Å². The minimum atomic E-state index is -0.563. The molecule has 0 bridgehead atoms. The number of likely N-dealkylation sites (N-methyl/N-ethyl adjacent to an activating group) is 1. The van der Waals surface area contributed by atoms with Crippen LogP contribution in [-0.4, -0.2) is 69.0 Å². The fourth-order valence-electron chi connectivity index (χ4n) is 2.68. The largest absolute Gasteiger partial charge is 0.444 e. The summed E-state index contributed by atoms with van der Waals surface area (Å²) in [6, 6.07) is 0. The number of aliphatic hydroxyl groups is 1. The second-order valence-corrected chi connectivity index (χ2v) is 7.00. The van der Waals surface area contributed by atoms with Crippen LogP contribution in [0.4, 0.5) is 4.79 Å². The highest BCUT2D eigenvalue weighted by Gasteiger charge is 2.32. The molecule has 8 nitrogen and oxygen atoms in total. The zero-order valence-corrected chi connectivity index (χ0v) is 15.0. The molecule has 1 aliphatic rings. The zero-order valence-electron chi connectivity index (χ0n) is 15.0. The maximum absolute atomic E-state index is 12.6. The molecule has 2 heterocycles. The maximum Gasteiger partial charge on any atom is 0.410 e. The van der Waals surface area contributed by atoms with Crippen molar-refractivity contribution in [3.63, 3.8) is 0 Å². The van der Waals surface area contributed by atoms with Gasteiger partial charge in [0.05, 0.1) is 18.8 Å². The molecule has 0 atom stereocenters. The Kier molecular flexibility index (Phi) is 5.17. The Hall–Kier alpha value is -2.09. The molecule has 134 valence electrons. The molecule has 2 rings (SSSR count). The van der Waals surface area contributed by atoms with Gasteiger partial charge < -0.3 is 19.6 Å². The van der Waals surface area contributed by atoms with Gasteiger partial charge in [0, 0.05) is 39.2 Å². The van der Waals surface area contributed by atoms with Crippen LogP contribution in [0, 0.1) is 0 Å². The van der Waals surface area contributed by atoms with Crippen molar-refractivity contribution in [2.45, 2.75) is 39.3 Å². The van der Waals surface area contributed by atoms with Gasteiger partial charge in [0.2, 0.25) is 0 Å². The van der Waals surface area contributed by atoms with E-state index in [9.17, 15) is 9.59 Å². The molecule has 0 saturated carbocycles. The van der Waals surface area contributed by atoms with Gasteiger partial charge in [0.1, 0.15) is 11.3 Å². The highest BCUT2D eigenvalue weighted by Crippen LogP contribution is 2.24. The molecule has 8 heteroatoms. The van der Waals surface area contributed by atoms with Gasteiger partial charge in [-0.3, -0.25) is 9.48 Å². The molecule has 0 saturated heterocycles.